The molecule has 0 amide bonds. The number of hydrogen-bond acceptors (Lipinski definition) is 1. The minimum atomic E-state index is -1.72. The smallest absolute Gasteiger partial charge is 0.193 e. The summed E-state index contributed by atoms with van der Waals surface area (Å²) in [4.78, 5) is 0. The average Bonchev–Trinajstić information content (AvgIpc) is 2.25. The van der Waals surface area contributed by atoms with Gasteiger partial charge in [0.25, 0.3) is 0 Å². The molecule has 0 saturated heterocycles. The van der Waals surface area contributed by atoms with Crippen molar-refractivity contribution in [3.63, 3.8) is 0 Å². The summed E-state index contributed by atoms with van der Waals surface area (Å²) in [6, 6.07) is 0. The van der Waals surface area contributed by atoms with E-state index in [0.717, 1.165) is 0 Å². The summed E-state index contributed by atoms with van der Waals surface area (Å²) in [5, 5.41) is 0.247. The molecule has 1 nitrogen and oxygen atoms in total. The highest BCUT2D eigenvalue weighted by Crippen LogP contribution is 2.39. The molecular weight excluding hydrogens is 224 g/mol. The van der Waals surface area contributed by atoms with E-state index >= 15 is 0 Å². The van der Waals surface area contributed by atoms with Gasteiger partial charge >= 0.3 is 0 Å². The molecule has 0 radical (unpaired) electrons. The maximum absolute atomic E-state index is 6.39. The average molecular weight is 252 g/mol. The largest absolute Gasteiger partial charge is 0.403 e. The van der Waals surface area contributed by atoms with Crippen LogP contribution in [0.25, 0.3) is 0 Å². The molecule has 0 aromatic rings. The Morgan fingerprint density at radius 2 is 1.71 bits per heavy atom. The minimum absolute atomic E-state index is 0.0520. The summed E-state index contributed by atoms with van der Waals surface area (Å²) in [5.41, 5.74) is 0. The van der Waals surface area contributed by atoms with Gasteiger partial charge in [0.05, 0.1) is 0 Å². The van der Waals surface area contributed by atoms with Crippen molar-refractivity contribution in [3.8, 4) is 12.3 Å². The fraction of sp³-hybridized carbons (Fsp3) is 0.867. The predicted molar refractivity (Wildman–Crippen MR) is 77.5 cm³/mol. The van der Waals surface area contributed by atoms with Gasteiger partial charge in [-0.05, 0) is 36.9 Å². The molecule has 1 saturated carbocycles. The predicted octanol–water partition coefficient (Wildman–Crippen LogP) is 4.59. The maximum Gasteiger partial charge on any atom is 0.193 e. The number of terminal acetylenes is 1. The molecule has 0 aliphatic heterocycles. The SMILES string of the molecule is C#C[C@H](O[Si](C)(C)C(C)(C)C)C1CCCCC1. The molecule has 0 spiro atoms. The second-order valence-corrected chi connectivity index (χ2v) is 11.6. The van der Waals surface area contributed by atoms with Crippen molar-refractivity contribution in [3.05, 3.63) is 0 Å². The van der Waals surface area contributed by atoms with Crippen molar-refractivity contribution >= 4 is 8.32 Å². The highest BCUT2D eigenvalue weighted by Gasteiger charge is 2.40. The fourth-order valence-corrected chi connectivity index (χ4v) is 3.45. The quantitative estimate of drug-likeness (QED) is 0.527. The van der Waals surface area contributed by atoms with E-state index in [1.165, 1.54) is 32.1 Å². The van der Waals surface area contributed by atoms with Gasteiger partial charge in [-0.1, -0.05) is 46.0 Å². The monoisotopic (exact) mass is 252 g/mol. The van der Waals surface area contributed by atoms with Crippen molar-refractivity contribution < 1.29 is 4.43 Å². The number of rotatable bonds is 3. The Bertz CT molecular complexity index is 276. The third kappa shape index (κ3) is 3.86. The fourth-order valence-electron chi connectivity index (χ4n) is 2.20. The molecule has 0 bridgehead atoms. The molecule has 0 N–H and O–H groups in total. The van der Waals surface area contributed by atoms with Crippen molar-refractivity contribution in [1.29, 1.82) is 0 Å². The van der Waals surface area contributed by atoms with Crippen molar-refractivity contribution in [1.82, 2.24) is 0 Å². The Labute approximate surface area is 108 Å². The first kappa shape index (κ1) is 14.8. The van der Waals surface area contributed by atoms with E-state index in [1.54, 1.807) is 0 Å². The first-order valence-corrected chi connectivity index (χ1v) is 9.83. The van der Waals surface area contributed by atoms with Gasteiger partial charge in [-0.15, -0.1) is 6.42 Å². The lowest BCUT2D eigenvalue weighted by Gasteiger charge is -2.40. The van der Waals surface area contributed by atoms with Crippen molar-refractivity contribution in [2.24, 2.45) is 5.92 Å². The zero-order valence-electron chi connectivity index (χ0n) is 12.2. The van der Waals surface area contributed by atoms with Gasteiger partial charge in [0, 0.05) is 0 Å². The molecule has 1 aliphatic rings. The van der Waals surface area contributed by atoms with Crippen molar-refractivity contribution in [2.45, 2.75) is 77.1 Å². The molecular formula is C15H28OSi. The van der Waals surface area contributed by atoms with E-state index in [4.69, 9.17) is 10.8 Å². The van der Waals surface area contributed by atoms with Gasteiger partial charge in [-0.2, -0.15) is 0 Å². The van der Waals surface area contributed by atoms with E-state index in [-0.39, 0.29) is 11.1 Å². The lowest BCUT2D eigenvalue weighted by Crippen LogP contribution is -2.45. The summed E-state index contributed by atoms with van der Waals surface area (Å²) < 4.78 is 6.39. The molecule has 98 valence electrons. The van der Waals surface area contributed by atoms with Gasteiger partial charge in [-0.3, -0.25) is 0 Å². The summed E-state index contributed by atoms with van der Waals surface area (Å²) >= 11 is 0. The van der Waals surface area contributed by atoms with Gasteiger partial charge in [0.1, 0.15) is 6.10 Å². The molecule has 0 aromatic carbocycles. The van der Waals surface area contributed by atoms with Crippen LogP contribution in [0.3, 0.4) is 0 Å². The summed E-state index contributed by atoms with van der Waals surface area (Å²) in [6.07, 6.45) is 12.3. The zero-order chi connectivity index (χ0) is 13.1. The van der Waals surface area contributed by atoms with Crippen LogP contribution in [0.4, 0.5) is 0 Å². The van der Waals surface area contributed by atoms with Gasteiger partial charge in [0.2, 0.25) is 0 Å². The number of hydrogen-bond donors (Lipinski definition) is 0. The lowest BCUT2D eigenvalue weighted by molar-refractivity contribution is 0.139. The van der Waals surface area contributed by atoms with Crippen LogP contribution in [0.15, 0.2) is 0 Å². The molecule has 1 aliphatic carbocycles. The Morgan fingerprint density at radius 1 is 1.18 bits per heavy atom. The standard InChI is InChI=1S/C15H28OSi/c1-7-14(13-11-9-8-10-12-13)16-17(5,6)15(2,3)4/h1,13-14H,8-12H2,2-6H3/t14-/m0/s1. The Morgan fingerprint density at radius 3 is 2.12 bits per heavy atom. The molecule has 2 heteroatoms. The highest BCUT2D eigenvalue weighted by atomic mass is 28.4. The van der Waals surface area contributed by atoms with E-state index in [2.05, 4.69) is 39.8 Å². The van der Waals surface area contributed by atoms with Crippen LogP contribution in [0.5, 0.6) is 0 Å². The van der Waals surface area contributed by atoms with Crippen LogP contribution in [0.2, 0.25) is 18.1 Å². The molecule has 1 rings (SSSR count). The molecule has 0 heterocycles. The normalized spacial score (nSPS) is 20.9. The highest BCUT2D eigenvalue weighted by molar-refractivity contribution is 6.74. The van der Waals surface area contributed by atoms with Crippen LogP contribution in [0.1, 0.15) is 52.9 Å². The van der Waals surface area contributed by atoms with E-state index in [0.29, 0.717) is 5.92 Å². The zero-order valence-corrected chi connectivity index (χ0v) is 13.2. The van der Waals surface area contributed by atoms with Crippen LogP contribution >= 0.6 is 0 Å². The van der Waals surface area contributed by atoms with Crippen molar-refractivity contribution in [2.75, 3.05) is 0 Å². The van der Waals surface area contributed by atoms with E-state index < -0.39 is 8.32 Å². The Kier molecular flexibility index (Phi) is 4.86. The molecule has 1 atom stereocenters. The Hall–Kier alpha value is -0.263. The maximum atomic E-state index is 6.39. The van der Waals surface area contributed by atoms with Gasteiger partial charge in [-0.25, -0.2) is 0 Å². The summed E-state index contributed by atoms with van der Waals surface area (Å²) in [7, 11) is -1.72. The molecule has 1 fully saturated rings. The first-order chi connectivity index (χ1) is 7.78. The third-order valence-electron chi connectivity index (χ3n) is 4.47. The summed E-state index contributed by atoms with van der Waals surface area (Å²) in [6.45, 7) is 11.4. The van der Waals surface area contributed by atoms with Crippen LogP contribution in [0, 0.1) is 18.3 Å². The second-order valence-electron chi connectivity index (χ2n) is 6.86. The first-order valence-electron chi connectivity index (χ1n) is 6.92. The van der Waals surface area contributed by atoms with Crippen LogP contribution in [-0.2, 0) is 4.43 Å². The van der Waals surface area contributed by atoms with E-state index in [1.807, 2.05) is 0 Å². The third-order valence-corrected chi connectivity index (χ3v) is 8.93. The molecule has 0 unspecified atom stereocenters. The van der Waals surface area contributed by atoms with E-state index in [9.17, 15) is 0 Å². The van der Waals surface area contributed by atoms with Gasteiger partial charge in [0.15, 0.2) is 8.32 Å². The topological polar surface area (TPSA) is 9.23 Å². The van der Waals surface area contributed by atoms with Crippen LogP contribution < -0.4 is 0 Å². The van der Waals surface area contributed by atoms with Crippen LogP contribution in [-0.4, -0.2) is 14.4 Å². The van der Waals surface area contributed by atoms with Gasteiger partial charge < -0.3 is 4.43 Å². The lowest BCUT2D eigenvalue weighted by atomic mass is 9.85. The molecule has 17 heavy (non-hydrogen) atoms. The second kappa shape index (κ2) is 5.59. The summed E-state index contributed by atoms with van der Waals surface area (Å²) in [5.74, 6) is 3.51. The minimum Gasteiger partial charge on any atom is -0.403 e. The molecule has 0 aromatic heterocycles. The Balaban J connectivity index is 2.66.